The summed E-state index contributed by atoms with van der Waals surface area (Å²) < 4.78 is 10.1. The molecule has 11 heavy (non-hydrogen) atoms. The second kappa shape index (κ2) is 3.79. The first-order chi connectivity index (χ1) is 5.36. The minimum absolute atomic E-state index is 0.464. The van der Waals surface area contributed by atoms with Crippen LogP contribution in [0.3, 0.4) is 0 Å². The topological polar surface area (TPSA) is 40.9 Å². The van der Waals surface area contributed by atoms with E-state index >= 15 is 0 Å². The van der Waals surface area contributed by atoms with Crippen molar-refractivity contribution in [1.82, 2.24) is 0 Å². The van der Waals surface area contributed by atoms with Gasteiger partial charge in [-0.05, 0) is 12.1 Å². The maximum absolute atomic E-state index is 10.1. The average molecular weight is 164 g/mol. The van der Waals surface area contributed by atoms with Crippen molar-refractivity contribution in [2.75, 3.05) is 0 Å². The molecule has 0 bridgehead atoms. The summed E-state index contributed by atoms with van der Waals surface area (Å²) in [6.07, 6.45) is 0. The lowest BCUT2D eigenvalue weighted by Crippen LogP contribution is -1.81. The fraction of sp³-hybridized carbons (Fsp3) is 0.125. The Labute approximate surface area is 69.0 Å². The molecule has 0 aromatic heterocycles. The Morgan fingerprint density at radius 3 is 2.45 bits per heavy atom. The van der Waals surface area contributed by atoms with E-state index in [4.69, 9.17) is 5.26 Å². The standard InChI is InChI=1S/C8H6NOS/c9-5-7-1-3-8(4-2-7)6-11-10/h1-4H,6H2/q+1. The Bertz CT molecular complexity index is 286. The van der Waals surface area contributed by atoms with Gasteiger partial charge in [-0.25, -0.2) is 0 Å². The quantitative estimate of drug-likeness (QED) is 0.621. The van der Waals surface area contributed by atoms with E-state index in [0.29, 0.717) is 23.0 Å². The molecule has 0 aliphatic rings. The molecule has 0 saturated heterocycles. The highest BCUT2D eigenvalue weighted by Crippen LogP contribution is 2.02. The van der Waals surface area contributed by atoms with E-state index in [2.05, 4.69) is 0 Å². The lowest BCUT2D eigenvalue weighted by Gasteiger charge is -1.87. The fourth-order valence-electron chi connectivity index (χ4n) is 0.744. The molecule has 0 aliphatic heterocycles. The molecular weight excluding hydrogens is 158 g/mol. The molecule has 54 valence electrons. The second-order valence-corrected chi connectivity index (χ2v) is 2.60. The summed E-state index contributed by atoms with van der Waals surface area (Å²) in [5.74, 6) is 0.464. The van der Waals surface area contributed by atoms with Crippen molar-refractivity contribution in [3.63, 3.8) is 0 Å². The zero-order valence-corrected chi connectivity index (χ0v) is 6.60. The molecule has 0 radical (unpaired) electrons. The normalized spacial score (nSPS) is 8.64. The molecule has 0 spiro atoms. The van der Waals surface area contributed by atoms with Gasteiger partial charge in [0.2, 0.25) is 0 Å². The lowest BCUT2D eigenvalue weighted by molar-refractivity contribution is 0.604. The fourth-order valence-corrected chi connectivity index (χ4v) is 1.07. The molecule has 0 amide bonds. The SMILES string of the molecule is N#Cc1ccc(C[S+]=O)cc1. The third kappa shape index (κ3) is 2.10. The molecule has 1 aromatic rings. The van der Waals surface area contributed by atoms with Crippen LogP contribution in [0.5, 0.6) is 0 Å². The zero-order chi connectivity index (χ0) is 8.10. The molecule has 1 aromatic carbocycles. The maximum atomic E-state index is 10.1. The van der Waals surface area contributed by atoms with Crippen LogP contribution in [0.25, 0.3) is 0 Å². The highest BCUT2D eigenvalue weighted by Gasteiger charge is 2.00. The van der Waals surface area contributed by atoms with Gasteiger partial charge in [0.1, 0.15) is 0 Å². The van der Waals surface area contributed by atoms with E-state index in [9.17, 15) is 4.21 Å². The van der Waals surface area contributed by atoms with Gasteiger partial charge in [-0.3, -0.25) is 0 Å². The van der Waals surface area contributed by atoms with Crippen LogP contribution in [-0.4, -0.2) is 0 Å². The maximum Gasteiger partial charge on any atom is 0.463 e. The first-order valence-corrected chi connectivity index (χ1v) is 4.01. The first kappa shape index (κ1) is 7.83. The van der Waals surface area contributed by atoms with Gasteiger partial charge in [0, 0.05) is 9.77 Å². The van der Waals surface area contributed by atoms with Gasteiger partial charge in [-0.2, -0.15) is 5.26 Å². The van der Waals surface area contributed by atoms with E-state index in [0.717, 1.165) is 5.56 Å². The Kier molecular flexibility index (Phi) is 2.70. The third-order valence-electron chi connectivity index (χ3n) is 1.31. The van der Waals surface area contributed by atoms with Crippen LogP contribution in [0.2, 0.25) is 0 Å². The van der Waals surface area contributed by atoms with Crippen molar-refractivity contribution in [3.8, 4) is 6.07 Å². The van der Waals surface area contributed by atoms with Gasteiger partial charge >= 0.3 is 11.7 Å². The highest BCUT2D eigenvalue weighted by atomic mass is 32.1. The molecular formula is C8H6NOS+. The number of hydrogen-bond donors (Lipinski definition) is 0. The molecule has 0 N–H and O–H groups in total. The summed E-state index contributed by atoms with van der Waals surface area (Å²) in [7, 11) is 0. The van der Waals surface area contributed by atoms with E-state index < -0.39 is 0 Å². The van der Waals surface area contributed by atoms with Crippen molar-refractivity contribution in [1.29, 1.82) is 5.26 Å². The average Bonchev–Trinajstić information content (AvgIpc) is 2.07. The molecule has 0 atom stereocenters. The Balaban J connectivity index is 2.84. The van der Waals surface area contributed by atoms with E-state index in [1.165, 1.54) is 0 Å². The number of nitriles is 1. The molecule has 2 nitrogen and oxygen atoms in total. The Morgan fingerprint density at radius 1 is 1.36 bits per heavy atom. The Hall–Kier alpha value is -1.27. The van der Waals surface area contributed by atoms with E-state index in [1.807, 2.05) is 6.07 Å². The van der Waals surface area contributed by atoms with Crippen LogP contribution in [0.15, 0.2) is 24.3 Å². The van der Waals surface area contributed by atoms with Crippen molar-refractivity contribution in [2.24, 2.45) is 0 Å². The van der Waals surface area contributed by atoms with Gasteiger partial charge in [-0.1, -0.05) is 12.1 Å². The second-order valence-electron chi connectivity index (χ2n) is 2.07. The highest BCUT2D eigenvalue weighted by molar-refractivity contribution is 7.64. The summed E-state index contributed by atoms with van der Waals surface area (Å²) in [6, 6.07) is 9.03. The van der Waals surface area contributed by atoms with Crippen LogP contribution in [0.1, 0.15) is 11.1 Å². The van der Waals surface area contributed by atoms with Gasteiger partial charge in [-0.15, -0.1) is 0 Å². The smallest absolute Gasteiger partial charge is 0.192 e. The first-order valence-electron chi connectivity index (χ1n) is 3.10. The molecule has 0 saturated carbocycles. The largest absolute Gasteiger partial charge is 0.463 e. The molecule has 0 fully saturated rings. The number of benzene rings is 1. The number of nitrogens with zero attached hydrogens (tertiary/aromatic N) is 1. The predicted molar refractivity (Wildman–Crippen MR) is 42.9 cm³/mol. The van der Waals surface area contributed by atoms with Crippen molar-refractivity contribution >= 4 is 11.7 Å². The molecule has 0 unspecified atom stereocenters. The van der Waals surface area contributed by atoms with E-state index in [-0.39, 0.29) is 0 Å². The molecule has 3 heteroatoms. The van der Waals surface area contributed by atoms with Crippen LogP contribution < -0.4 is 0 Å². The summed E-state index contributed by atoms with van der Waals surface area (Å²) >= 11 is 0.535. The van der Waals surface area contributed by atoms with Gasteiger partial charge in [0.15, 0.2) is 0 Å². The van der Waals surface area contributed by atoms with E-state index in [1.54, 1.807) is 24.3 Å². The zero-order valence-electron chi connectivity index (χ0n) is 5.78. The molecule has 1 rings (SSSR count). The minimum Gasteiger partial charge on any atom is -0.192 e. The monoisotopic (exact) mass is 164 g/mol. The third-order valence-corrected chi connectivity index (χ3v) is 1.76. The van der Waals surface area contributed by atoms with Gasteiger partial charge in [0.25, 0.3) is 5.75 Å². The van der Waals surface area contributed by atoms with Gasteiger partial charge in [0.05, 0.1) is 11.6 Å². The molecule has 0 aliphatic carbocycles. The van der Waals surface area contributed by atoms with Crippen LogP contribution in [0, 0.1) is 11.3 Å². The van der Waals surface area contributed by atoms with Crippen molar-refractivity contribution < 1.29 is 4.21 Å². The van der Waals surface area contributed by atoms with Crippen molar-refractivity contribution in [3.05, 3.63) is 35.4 Å². The predicted octanol–water partition coefficient (Wildman–Crippen LogP) is 1.49. The number of rotatable bonds is 2. The van der Waals surface area contributed by atoms with Crippen LogP contribution in [-0.2, 0) is 21.6 Å². The number of hydrogen-bond acceptors (Lipinski definition) is 2. The summed E-state index contributed by atoms with van der Waals surface area (Å²) in [5, 5.41) is 8.44. The van der Waals surface area contributed by atoms with Gasteiger partial charge < -0.3 is 0 Å². The summed E-state index contributed by atoms with van der Waals surface area (Å²) in [5.41, 5.74) is 1.59. The van der Waals surface area contributed by atoms with Crippen LogP contribution >= 0.6 is 0 Å². The Morgan fingerprint density at radius 2 is 2.00 bits per heavy atom. The van der Waals surface area contributed by atoms with Crippen molar-refractivity contribution in [2.45, 2.75) is 5.75 Å². The summed E-state index contributed by atoms with van der Waals surface area (Å²) in [4.78, 5) is 0. The minimum atomic E-state index is 0.464. The van der Waals surface area contributed by atoms with Crippen LogP contribution in [0.4, 0.5) is 0 Å². The summed E-state index contributed by atoms with van der Waals surface area (Å²) in [6.45, 7) is 0. The molecule has 0 heterocycles. The lowest BCUT2D eigenvalue weighted by atomic mass is 10.2.